The highest BCUT2D eigenvalue weighted by Crippen LogP contribution is 2.30. The van der Waals surface area contributed by atoms with Gasteiger partial charge in [0.1, 0.15) is 5.75 Å². The predicted molar refractivity (Wildman–Crippen MR) is 108 cm³/mol. The van der Waals surface area contributed by atoms with Crippen LogP contribution in [0.2, 0.25) is 5.02 Å². The van der Waals surface area contributed by atoms with Crippen LogP contribution in [0.5, 0.6) is 5.75 Å². The van der Waals surface area contributed by atoms with Crippen molar-refractivity contribution < 1.29 is 18.4 Å². The molecule has 0 fully saturated rings. The molecule has 1 N–H and O–H groups in total. The van der Waals surface area contributed by atoms with Crippen molar-refractivity contribution in [2.24, 2.45) is 0 Å². The number of methoxy groups -OCH3 is 1. The number of furan rings is 1. The van der Waals surface area contributed by atoms with Gasteiger partial charge < -0.3 is 18.9 Å². The Bertz CT molecular complexity index is 1260. The van der Waals surface area contributed by atoms with Crippen molar-refractivity contribution in [3.05, 3.63) is 70.9 Å². The maximum absolute atomic E-state index is 12.7. The summed E-state index contributed by atoms with van der Waals surface area (Å²) in [6.07, 6.45) is 1.49. The number of anilines is 1. The molecule has 2 aromatic carbocycles. The van der Waals surface area contributed by atoms with Gasteiger partial charge in [-0.05, 0) is 48.5 Å². The van der Waals surface area contributed by atoms with Crippen molar-refractivity contribution in [3.8, 4) is 34.9 Å². The largest absolute Gasteiger partial charge is 0.496 e. The van der Waals surface area contributed by atoms with E-state index < -0.39 is 5.91 Å². The summed E-state index contributed by atoms with van der Waals surface area (Å²) in [6.45, 7) is 0. The van der Waals surface area contributed by atoms with E-state index in [-0.39, 0.29) is 17.3 Å². The molecule has 30 heavy (non-hydrogen) atoms. The van der Waals surface area contributed by atoms with E-state index >= 15 is 0 Å². The van der Waals surface area contributed by atoms with Gasteiger partial charge in [-0.1, -0.05) is 11.6 Å². The Hall–Kier alpha value is -4.09. The minimum Gasteiger partial charge on any atom is -0.496 e. The number of nitrogens with zero attached hydrogens (tertiary/aromatic N) is 3. The molecule has 0 spiro atoms. The van der Waals surface area contributed by atoms with Crippen molar-refractivity contribution in [2.75, 3.05) is 12.4 Å². The highest BCUT2D eigenvalue weighted by atomic mass is 35.5. The Balaban J connectivity index is 1.66. The molecular formula is C21H13ClN4O4. The lowest BCUT2D eigenvalue weighted by atomic mass is 10.1. The summed E-state index contributed by atoms with van der Waals surface area (Å²) in [6, 6.07) is 14.9. The van der Waals surface area contributed by atoms with Crippen LogP contribution in [0.15, 0.2) is 63.6 Å². The molecule has 4 aromatic rings. The van der Waals surface area contributed by atoms with E-state index in [0.29, 0.717) is 33.3 Å². The number of rotatable bonds is 5. The lowest BCUT2D eigenvalue weighted by Gasteiger charge is -2.10. The van der Waals surface area contributed by atoms with E-state index in [4.69, 9.17) is 25.2 Å². The summed E-state index contributed by atoms with van der Waals surface area (Å²) in [5, 5.41) is 20.5. The number of benzene rings is 2. The second-order valence-electron chi connectivity index (χ2n) is 6.06. The number of amides is 1. The van der Waals surface area contributed by atoms with Gasteiger partial charge in [0.05, 0.1) is 36.1 Å². The zero-order valence-electron chi connectivity index (χ0n) is 15.5. The lowest BCUT2D eigenvalue weighted by Crippen LogP contribution is -2.13. The van der Waals surface area contributed by atoms with Crippen molar-refractivity contribution in [1.29, 1.82) is 5.26 Å². The number of halogens is 1. The summed E-state index contributed by atoms with van der Waals surface area (Å²) in [7, 11) is 1.46. The van der Waals surface area contributed by atoms with Crippen molar-refractivity contribution in [1.82, 2.24) is 10.2 Å². The van der Waals surface area contributed by atoms with Gasteiger partial charge in [0.25, 0.3) is 11.8 Å². The fourth-order valence-electron chi connectivity index (χ4n) is 2.78. The first kappa shape index (κ1) is 19.2. The standard InChI is InChI=1S/C21H13ClN4O4/c1-28-17-7-5-13(22)9-16(17)19(27)24-14-6-4-12(11-23)15(10-14)20-25-26-21(30-20)18-3-2-8-29-18/h2-10H,1H3,(H,24,27). The molecule has 4 rings (SSSR count). The first-order valence-electron chi connectivity index (χ1n) is 8.66. The van der Waals surface area contributed by atoms with Crippen LogP contribution in [0.3, 0.4) is 0 Å². The number of nitrogens with one attached hydrogen (secondary N) is 1. The average molecular weight is 421 g/mol. The average Bonchev–Trinajstić information content (AvgIpc) is 3.45. The zero-order valence-corrected chi connectivity index (χ0v) is 16.3. The Morgan fingerprint density at radius 2 is 2.00 bits per heavy atom. The van der Waals surface area contributed by atoms with Crippen LogP contribution in [-0.4, -0.2) is 23.2 Å². The monoisotopic (exact) mass is 420 g/mol. The van der Waals surface area contributed by atoms with Gasteiger partial charge in [-0.15, -0.1) is 10.2 Å². The number of carbonyl (C=O) groups excluding carboxylic acids is 1. The van der Waals surface area contributed by atoms with Crippen molar-refractivity contribution in [3.63, 3.8) is 0 Å². The third-order valence-electron chi connectivity index (χ3n) is 4.19. The number of nitriles is 1. The summed E-state index contributed by atoms with van der Waals surface area (Å²) >= 11 is 6.00. The molecule has 8 nitrogen and oxygen atoms in total. The van der Waals surface area contributed by atoms with Crippen LogP contribution in [-0.2, 0) is 0 Å². The smallest absolute Gasteiger partial charge is 0.283 e. The van der Waals surface area contributed by atoms with Gasteiger partial charge in [-0.3, -0.25) is 4.79 Å². The molecule has 1 amide bonds. The maximum Gasteiger partial charge on any atom is 0.283 e. The Morgan fingerprint density at radius 3 is 2.73 bits per heavy atom. The van der Waals surface area contributed by atoms with Crippen molar-refractivity contribution in [2.45, 2.75) is 0 Å². The molecular weight excluding hydrogens is 408 g/mol. The molecule has 0 aliphatic carbocycles. The van der Waals surface area contributed by atoms with Gasteiger partial charge in [0, 0.05) is 10.7 Å². The molecule has 0 atom stereocenters. The Kier molecular flexibility index (Phi) is 5.20. The topological polar surface area (TPSA) is 114 Å². The quantitative estimate of drug-likeness (QED) is 0.494. The van der Waals surface area contributed by atoms with Gasteiger partial charge >= 0.3 is 0 Å². The highest BCUT2D eigenvalue weighted by molar-refractivity contribution is 6.31. The first-order chi connectivity index (χ1) is 14.6. The molecule has 2 aromatic heterocycles. The molecule has 0 aliphatic heterocycles. The second kappa shape index (κ2) is 8.11. The van der Waals surface area contributed by atoms with E-state index in [1.54, 1.807) is 42.5 Å². The molecule has 0 aliphatic rings. The zero-order chi connectivity index (χ0) is 21.1. The number of ether oxygens (including phenoxy) is 1. The highest BCUT2D eigenvalue weighted by Gasteiger charge is 2.18. The molecule has 0 saturated heterocycles. The molecule has 0 radical (unpaired) electrons. The summed E-state index contributed by atoms with van der Waals surface area (Å²) < 4.78 is 16.1. The Morgan fingerprint density at radius 1 is 1.17 bits per heavy atom. The number of carbonyl (C=O) groups is 1. The third kappa shape index (κ3) is 3.74. The van der Waals surface area contributed by atoms with Crippen molar-refractivity contribution >= 4 is 23.2 Å². The fraction of sp³-hybridized carbons (Fsp3) is 0.0476. The van der Waals surface area contributed by atoms with Crippen LogP contribution < -0.4 is 10.1 Å². The van der Waals surface area contributed by atoms with Gasteiger partial charge in [-0.2, -0.15) is 5.26 Å². The normalized spacial score (nSPS) is 10.4. The number of aromatic nitrogens is 2. The molecule has 0 unspecified atom stereocenters. The second-order valence-corrected chi connectivity index (χ2v) is 6.50. The van der Waals surface area contributed by atoms with Gasteiger partial charge in [-0.25, -0.2) is 0 Å². The summed E-state index contributed by atoms with van der Waals surface area (Å²) in [5.74, 6) is 0.661. The first-order valence-corrected chi connectivity index (χ1v) is 9.03. The predicted octanol–water partition coefficient (Wildman–Crippen LogP) is 4.78. The Labute approximate surface area is 175 Å². The van der Waals surface area contributed by atoms with Crippen LogP contribution in [0.1, 0.15) is 15.9 Å². The minimum atomic E-state index is -0.424. The van der Waals surface area contributed by atoms with Crippen LogP contribution in [0.25, 0.3) is 23.1 Å². The molecule has 0 bridgehead atoms. The van der Waals surface area contributed by atoms with Crippen LogP contribution in [0.4, 0.5) is 5.69 Å². The molecule has 0 saturated carbocycles. The van der Waals surface area contributed by atoms with Crippen LogP contribution in [0, 0.1) is 11.3 Å². The number of hydrogen-bond donors (Lipinski definition) is 1. The molecule has 2 heterocycles. The van der Waals surface area contributed by atoms with Crippen LogP contribution >= 0.6 is 11.6 Å². The maximum atomic E-state index is 12.7. The van der Waals surface area contributed by atoms with E-state index in [9.17, 15) is 10.1 Å². The third-order valence-corrected chi connectivity index (χ3v) is 4.43. The fourth-order valence-corrected chi connectivity index (χ4v) is 2.96. The van der Waals surface area contributed by atoms with E-state index in [0.717, 1.165) is 0 Å². The number of hydrogen-bond acceptors (Lipinski definition) is 7. The molecule has 9 heteroatoms. The summed E-state index contributed by atoms with van der Waals surface area (Å²) in [5.41, 5.74) is 1.38. The van der Waals surface area contributed by atoms with Gasteiger partial charge in [0.2, 0.25) is 5.89 Å². The summed E-state index contributed by atoms with van der Waals surface area (Å²) in [4.78, 5) is 12.7. The minimum absolute atomic E-state index is 0.120. The van der Waals surface area contributed by atoms with E-state index in [1.165, 1.54) is 19.4 Å². The van der Waals surface area contributed by atoms with E-state index in [1.807, 2.05) is 0 Å². The van der Waals surface area contributed by atoms with Gasteiger partial charge in [0.15, 0.2) is 5.76 Å². The SMILES string of the molecule is COc1ccc(Cl)cc1C(=O)Nc1ccc(C#N)c(-c2nnc(-c3ccco3)o2)c1. The van der Waals surface area contributed by atoms with E-state index in [2.05, 4.69) is 21.6 Å². The molecule has 148 valence electrons. The lowest BCUT2D eigenvalue weighted by molar-refractivity contribution is 0.102.